The summed E-state index contributed by atoms with van der Waals surface area (Å²) in [7, 11) is -0.162. The van der Waals surface area contributed by atoms with Crippen LogP contribution in [0.25, 0.3) is 0 Å². The topological polar surface area (TPSA) is 119 Å². The van der Waals surface area contributed by atoms with Crippen molar-refractivity contribution in [3.63, 3.8) is 0 Å². The second-order valence-corrected chi connectivity index (χ2v) is 13.4. The van der Waals surface area contributed by atoms with E-state index in [1.807, 2.05) is 11.8 Å². The number of nitriles is 1. The molecule has 0 saturated heterocycles. The second kappa shape index (κ2) is 10.7. The van der Waals surface area contributed by atoms with Crippen molar-refractivity contribution in [1.82, 2.24) is 19.9 Å². The molecule has 11 heteroatoms. The van der Waals surface area contributed by atoms with Crippen LogP contribution in [-0.2, 0) is 16.3 Å². The Labute approximate surface area is 222 Å². The van der Waals surface area contributed by atoms with Gasteiger partial charge in [-0.3, -0.25) is 0 Å². The van der Waals surface area contributed by atoms with Crippen LogP contribution >= 0.6 is 11.8 Å². The summed E-state index contributed by atoms with van der Waals surface area (Å²) < 4.78 is 16.2. The molecule has 0 spiro atoms. The molecule has 0 amide bonds. The maximum atomic E-state index is 12.1. The fraction of sp³-hybridized carbons (Fsp3) is 0.385. The van der Waals surface area contributed by atoms with Crippen LogP contribution in [0.4, 0.5) is 29.1 Å². The van der Waals surface area contributed by atoms with Crippen molar-refractivity contribution in [2.75, 3.05) is 42.5 Å². The number of nitrogens with one attached hydrogen (secondary N) is 2. The summed E-state index contributed by atoms with van der Waals surface area (Å²) in [5, 5.41) is 16.1. The molecule has 37 heavy (non-hydrogen) atoms. The van der Waals surface area contributed by atoms with Gasteiger partial charge in [0, 0.05) is 45.9 Å². The molecule has 0 radical (unpaired) electrons. The molecule has 2 N–H and O–H groups in total. The Hall–Kier alpha value is -3.20. The number of thioether (sulfide) groups is 1. The van der Waals surface area contributed by atoms with Crippen LogP contribution in [0.2, 0.25) is 0 Å². The lowest BCUT2D eigenvalue weighted by molar-refractivity contribution is 0.270. The minimum Gasteiger partial charge on any atom is -0.324 e. The van der Waals surface area contributed by atoms with Crippen LogP contribution in [0, 0.1) is 11.3 Å². The van der Waals surface area contributed by atoms with Crippen molar-refractivity contribution >= 4 is 50.6 Å². The Balaban J connectivity index is 1.44. The lowest BCUT2D eigenvalue weighted by Crippen LogP contribution is -2.31. The van der Waals surface area contributed by atoms with Crippen LogP contribution in [0.3, 0.4) is 0 Å². The van der Waals surface area contributed by atoms with Crippen molar-refractivity contribution < 1.29 is 4.21 Å². The molecule has 1 aromatic carbocycles. The zero-order chi connectivity index (χ0) is 26.0. The van der Waals surface area contributed by atoms with Gasteiger partial charge < -0.3 is 15.5 Å². The normalized spacial score (nSPS) is 17.6. The Morgan fingerprint density at radius 1 is 1.22 bits per heavy atom. The maximum Gasteiger partial charge on any atom is 0.229 e. The number of pyridine rings is 1. The van der Waals surface area contributed by atoms with Gasteiger partial charge in [-0.25, -0.2) is 14.2 Å². The average Bonchev–Trinajstić information content (AvgIpc) is 2.81. The molecule has 2 aliphatic heterocycles. The van der Waals surface area contributed by atoms with Crippen molar-refractivity contribution in [3.8, 4) is 6.07 Å². The molecule has 2 aromatic heterocycles. The van der Waals surface area contributed by atoms with E-state index in [4.69, 9.17) is 0 Å². The summed E-state index contributed by atoms with van der Waals surface area (Å²) >= 11 is 1.94. The highest BCUT2D eigenvalue weighted by Gasteiger charge is 2.28. The number of nitrogens with zero attached hydrogens (tertiary/aromatic N) is 6. The van der Waals surface area contributed by atoms with E-state index < -0.39 is 9.73 Å². The molecule has 0 fully saturated rings. The molecule has 5 rings (SSSR count). The first kappa shape index (κ1) is 25.4. The molecule has 1 unspecified atom stereocenters. The lowest BCUT2D eigenvalue weighted by atomic mass is 9.86. The summed E-state index contributed by atoms with van der Waals surface area (Å²) in [6.07, 6.45) is 8.36. The number of aromatic nitrogens is 3. The van der Waals surface area contributed by atoms with E-state index in [-0.39, 0.29) is 5.56 Å². The van der Waals surface area contributed by atoms with E-state index in [0.29, 0.717) is 29.3 Å². The van der Waals surface area contributed by atoms with Gasteiger partial charge in [-0.15, -0.1) is 11.8 Å². The van der Waals surface area contributed by atoms with Crippen molar-refractivity contribution in [2.45, 2.75) is 36.6 Å². The molecule has 2 aliphatic rings. The molecule has 9 nitrogen and oxygen atoms in total. The van der Waals surface area contributed by atoms with Gasteiger partial charge >= 0.3 is 0 Å². The highest BCUT2D eigenvalue weighted by atomic mass is 32.2. The first-order chi connectivity index (χ1) is 17.8. The third kappa shape index (κ3) is 6.21. The summed E-state index contributed by atoms with van der Waals surface area (Å²) in [5.74, 6) is 3.22. The predicted octanol–water partition coefficient (Wildman–Crippen LogP) is 5.39. The van der Waals surface area contributed by atoms with Gasteiger partial charge in [0.2, 0.25) is 5.95 Å². The summed E-state index contributed by atoms with van der Waals surface area (Å²) in [4.78, 5) is 17.1. The zero-order valence-corrected chi connectivity index (χ0v) is 22.8. The summed E-state index contributed by atoms with van der Waals surface area (Å²) in [6, 6.07) is 11.7. The zero-order valence-electron chi connectivity index (χ0n) is 21.2. The van der Waals surface area contributed by atoms with Crippen molar-refractivity contribution in [3.05, 3.63) is 53.2 Å². The quantitative estimate of drug-likeness (QED) is 0.444. The first-order valence-electron chi connectivity index (χ1n) is 12.2. The summed E-state index contributed by atoms with van der Waals surface area (Å²) in [6.45, 7) is 2.03. The highest BCUT2D eigenvalue weighted by Crippen LogP contribution is 2.42. The van der Waals surface area contributed by atoms with Crippen molar-refractivity contribution in [2.24, 2.45) is 4.36 Å². The molecule has 3 aromatic rings. The van der Waals surface area contributed by atoms with Crippen LogP contribution in [0.5, 0.6) is 0 Å². The molecule has 4 heterocycles. The average molecular weight is 535 g/mol. The van der Waals surface area contributed by atoms with Crippen LogP contribution in [0.15, 0.2) is 45.8 Å². The molecule has 192 valence electrons. The third-order valence-electron chi connectivity index (χ3n) is 6.27. The monoisotopic (exact) mass is 534 g/mol. The molecule has 1 atom stereocenters. The number of anilines is 4. The van der Waals surface area contributed by atoms with E-state index in [2.05, 4.69) is 60.1 Å². The SMILES string of the molecule is CN1Cc2cc(Nc3ncc(C#N)c(Nc4cccc(N=S(C)(C)=O)n4)n3)cc3c2C(CCCCS3)C1. The Morgan fingerprint density at radius 2 is 2.08 bits per heavy atom. The number of likely N-dealkylation sites (N-methyl/N-ethyl adjacent to an activating group) is 1. The van der Waals surface area contributed by atoms with E-state index in [9.17, 15) is 9.47 Å². The van der Waals surface area contributed by atoms with Gasteiger partial charge in [-0.05, 0) is 67.0 Å². The Morgan fingerprint density at radius 3 is 2.89 bits per heavy atom. The highest BCUT2D eigenvalue weighted by molar-refractivity contribution is 7.99. The van der Waals surface area contributed by atoms with Crippen molar-refractivity contribution in [1.29, 1.82) is 5.26 Å². The number of rotatable bonds is 5. The van der Waals surface area contributed by atoms with Gasteiger partial charge in [0.15, 0.2) is 11.6 Å². The summed E-state index contributed by atoms with van der Waals surface area (Å²) in [5.41, 5.74) is 4.09. The second-order valence-electron chi connectivity index (χ2n) is 9.76. The van der Waals surface area contributed by atoms with Gasteiger partial charge in [-0.1, -0.05) is 12.5 Å². The molecule has 0 aliphatic carbocycles. The van der Waals surface area contributed by atoms with Gasteiger partial charge in [0.25, 0.3) is 0 Å². The molecule has 0 saturated carbocycles. The van der Waals surface area contributed by atoms with E-state index >= 15 is 0 Å². The van der Waals surface area contributed by atoms with Gasteiger partial charge in [0.05, 0.1) is 6.20 Å². The maximum absolute atomic E-state index is 12.1. The van der Waals surface area contributed by atoms with Crippen LogP contribution in [-0.4, -0.2) is 55.9 Å². The first-order valence-corrected chi connectivity index (χ1v) is 15.5. The molecule has 0 bridgehead atoms. The predicted molar refractivity (Wildman–Crippen MR) is 150 cm³/mol. The van der Waals surface area contributed by atoms with Crippen LogP contribution in [0.1, 0.15) is 41.9 Å². The standard InChI is InChI=1S/C26H30N8OS2/c1-34-15-17-7-4-5-10-36-21-12-20(11-18(16-34)24(17)21)29-26-28-14-19(13-27)25(32-26)31-22-8-6-9-23(30-22)33-37(2,3)35/h6,8-9,11-12,14,17H,4-5,7,10,15-16H2,1-3H3,(H2,28,29,30,31,32). The number of hydrogen-bond acceptors (Lipinski definition) is 10. The largest absolute Gasteiger partial charge is 0.324 e. The third-order valence-corrected chi connectivity index (χ3v) is 8.04. The van der Waals surface area contributed by atoms with Crippen LogP contribution < -0.4 is 10.6 Å². The fourth-order valence-electron chi connectivity index (χ4n) is 4.84. The van der Waals surface area contributed by atoms with E-state index in [1.165, 1.54) is 41.5 Å². The Bertz CT molecular complexity index is 1470. The van der Waals surface area contributed by atoms with E-state index in [0.717, 1.165) is 24.5 Å². The van der Waals surface area contributed by atoms with Gasteiger partial charge in [-0.2, -0.15) is 14.6 Å². The minimum atomic E-state index is -2.35. The Kier molecular flexibility index (Phi) is 7.33. The van der Waals surface area contributed by atoms with Gasteiger partial charge in [0.1, 0.15) is 17.5 Å². The molecular weight excluding hydrogens is 504 g/mol. The molecular formula is C26H30N8OS2. The smallest absolute Gasteiger partial charge is 0.229 e. The lowest BCUT2D eigenvalue weighted by Gasteiger charge is -2.35. The fourth-order valence-corrected chi connectivity index (χ4v) is 6.63. The minimum absolute atomic E-state index is 0.290. The number of hydrogen-bond donors (Lipinski definition) is 2. The van der Waals surface area contributed by atoms with E-state index in [1.54, 1.807) is 30.7 Å². The number of benzene rings is 1.